The van der Waals surface area contributed by atoms with Gasteiger partial charge >= 0.3 is 0 Å². The average molecular weight is 339 g/mol. The quantitative estimate of drug-likeness (QED) is 0.903. The van der Waals surface area contributed by atoms with E-state index in [-0.39, 0.29) is 12.6 Å². The molecule has 0 saturated carbocycles. The Balaban J connectivity index is 1.73. The Bertz CT molecular complexity index is 774. The Hall–Kier alpha value is -1.64. The molecule has 1 aliphatic heterocycles. The highest BCUT2D eigenvalue weighted by atomic mass is 32.2. The van der Waals surface area contributed by atoms with Gasteiger partial charge in [-0.05, 0) is 45.7 Å². The number of hydrogen-bond donors (Lipinski definition) is 1. The second kappa shape index (κ2) is 6.10. The first kappa shape index (κ1) is 16.2. The summed E-state index contributed by atoms with van der Waals surface area (Å²) in [5, 5.41) is 0. The van der Waals surface area contributed by atoms with E-state index in [1.54, 1.807) is 6.92 Å². The summed E-state index contributed by atoms with van der Waals surface area (Å²) in [6.45, 7) is 5.99. The van der Waals surface area contributed by atoms with Crippen LogP contribution >= 0.6 is 0 Å². The number of oxazole rings is 1. The monoisotopic (exact) mass is 339 g/mol. The van der Waals surface area contributed by atoms with Crippen LogP contribution in [0.15, 0.2) is 21.0 Å². The van der Waals surface area contributed by atoms with Crippen molar-refractivity contribution >= 4 is 10.2 Å². The van der Waals surface area contributed by atoms with Gasteiger partial charge in [0.25, 0.3) is 10.2 Å². The molecular formula is C15H21N3O4S. The molecule has 23 heavy (non-hydrogen) atoms. The van der Waals surface area contributed by atoms with Gasteiger partial charge in [-0.1, -0.05) is 0 Å². The first-order valence-corrected chi connectivity index (χ1v) is 9.06. The van der Waals surface area contributed by atoms with Crippen molar-refractivity contribution < 1.29 is 17.3 Å². The number of nitrogens with zero attached hydrogens (tertiary/aromatic N) is 2. The normalized spacial score (nSPS) is 19.5. The molecule has 0 bridgehead atoms. The van der Waals surface area contributed by atoms with Gasteiger partial charge in [0.1, 0.15) is 17.3 Å². The summed E-state index contributed by atoms with van der Waals surface area (Å²) in [7, 11) is -3.63. The minimum absolute atomic E-state index is 0.0391. The molecule has 1 unspecified atom stereocenters. The van der Waals surface area contributed by atoms with Crippen LogP contribution < -0.4 is 4.72 Å². The predicted octanol–water partition coefficient (Wildman–Crippen LogP) is 2.36. The van der Waals surface area contributed by atoms with Crippen LogP contribution in [0.5, 0.6) is 0 Å². The highest BCUT2D eigenvalue weighted by molar-refractivity contribution is 7.87. The summed E-state index contributed by atoms with van der Waals surface area (Å²) < 4.78 is 40.2. The summed E-state index contributed by atoms with van der Waals surface area (Å²) in [4.78, 5) is 4.19. The maximum Gasteiger partial charge on any atom is 0.280 e. The molecule has 1 N–H and O–H groups in total. The molecule has 2 aromatic heterocycles. The van der Waals surface area contributed by atoms with Gasteiger partial charge in [0.05, 0.1) is 18.3 Å². The van der Waals surface area contributed by atoms with Gasteiger partial charge in [-0.2, -0.15) is 17.4 Å². The molecule has 1 atom stereocenters. The molecular weight excluding hydrogens is 318 g/mol. The van der Waals surface area contributed by atoms with Crippen molar-refractivity contribution in [3.63, 3.8) is 0 Å². The number of nitrogens with one attached hydrogen (secondary N) is 1. The maximum atomic E-state index is 12.6. The van der Waals surface area contributed by atoms with Crippen LogP contribution in [0.2, 0.25) is 0 Å². The fraction of sp³-hybridized carbons (Fsp3) is 0.533. The summed E-state index contributed by atoms with van der Waals surface area (Å²) in [5.41, 5.74) is 0.768. The first-order chi connectivity index (χ1) is 10.9. The summed E-state index contributed by atoms with van der Waals surface area (Å²) >= 11 is 0. The van der Waals surface area contributed by atoms with Crippen LogP contribution in [-0.4, -0.2) is 24.3 Å². The van der Waals surface area contributed by atoms with Gasteiger partial charge in [-0.3, -0.25) is 0 Å². The summed E-state index contributed by atoms with van der Waals surface area (Å²) in [6, 6.07) is 3.44. The zero-order chi connectivity index (χ0) is 16.6. The Labute approximate surface area is 135 Å². The summed E-state index contributed by atoms with van der Waals surface area (Å²) in [5.74, 6) is 2.54. The van der Waals surface area contributed by atoms with Crippen molar-refractivity contribution in [2.45, 2.75) is 46.2 Å². The van der Waals surface area contributed by atoms with Crippen molar-refractivity contribution in [2.24, 2.45) is 0 Å². The number of rotatable bonds is 5. The van der Waals surface area contributed by atoms with Crippen LogP contribution in [0.25, 0.3) is 0 Å². The van der Waals surface area contributed by atoms with Crippen molar-refractivity contribution in [3.05, 3.63) is 41.0 Å². The lowest BCUT2D eigenvalue weighted by molar-refractivity contribution is 0.329. The van der Waals surface area contributed by atoms with E-state index in [1.165, 1.54) is 4.31 Å². The van der Waals surface area contributed by atoms with Gasteiger partial charge in [-0.15, -0.1) is 0 Å². The molecule has 0 aliphatic carbocycles. The highest BCUT2D eigenvalue weighted by Gasteiger charge is 2.36. The predicted molar refractivity (Wildman–Crippen MR) is 83.9 cm³/mol. The molecule has 1 fully saturated rings. The smallest absolute Gasteiger partial charge is 0.280 e. The van der Waals surface area contributed by atoms with Crippen molar-refractivity contribution in [2.75, 3.05) is 6.54 Å². The largest absolute Gasteiger partial charge is 0.465 e. The van der Waals surface area contributed by atoms with Gasteiger partial charge in [0.15, 0.2) is 0 Å². The molecule has 0 amide bonds. The Morgan fingerprint density at radius 1 is 1.30 bits per heavy atom. The zero-order valence-electron chi connectivity index (χ0n) is 13.5. The lowest BCUT2D eigenvalue weighted by Crippen LogP contribution is -2.39. The van der Waals surface area contributed by atoms with Crippen LogP contribution in [0, 0.1) is 20.8 Å². The topological polar surface area (TPSA) is 88.6 Å². The minimum Gasteiger partial charge on any atom is -0.465 e. The lowest BCUT2D eigenvalue weighted by Gasteiger charge is -2.22. The first-order valence-electron chi connectivity index (χ1n) is 7.62. The van der Waals surface area contributed by atoms with Crippen LogP contribution in [0.4, 0.5) is 0 Å². The highest BCUT2D eigenvalue weighted by Crippen LogP contribution is 2.34. The second-order valence-electron chi connectivity index (χ2n) is 5.79. The molecule has 7 nitrogen and oxygen atoms in total. The number of aromatic nitrogens is 1. The van der Waals surface area contributed by atoms with E-state index in [4.69, 9.17) is 8.83 Å². The van der Waals surface area contributed by atoms with E-state index >= 15 is 0 Å². The van der Waals surface area contributed by atoms with Gasteiger partial charge in [0, 0.05) is 6.54 Å². The van der Waals surface area contributed by atoms with Crippen molar-refractivity contribution in [1.82, 2.24) is 14.0 Å². The van der Waals surface area contributed by atoms with Crippen LogP contribution in [0.1, 0.15) is 47.7 Å². The Morgan fingerprint density at radius 2 is 2.09 bits per heavy atom. The average Bonchev–Trinajstić information content (AvgIpc) is 3.18. The number of aryl methyl sites for hydroxylation is 3. The number of hydrogen-bond acceptors (Lipinski definition) is 5. The minimum atomic E-state index is -3.63. The third kappa shape index (κ3) is 3.34. The standard InChI is InChI=1S/C15H21N3O4S/c1-10-6-7-14(21-10)13-5-4-8-18(13)23(19,20)16-9-15-17-11(2)12(3)22-15/h6-7,13,16H,4-5,8-9H2,1-3H3. The van der Waals surface area contributed by atoms with Crippen LogP contribution in [0.3, 0.4) is 0 Å². The van der Waals surface area contributed by atoms with Gasteiger partial charge < -0.3 is 8.83 Å². The SMILES string of the molecule is Cc1ccc(C2CCCN2S(=O)(=O)NCc2nc(C)c(C)o2)o1. The van der Waals surface area contributed by atoms with E-state index in [0.29, 0.717) is 24.0 Å². The Morgan fingerprint density at radius 3 is 2.70 bits per heavy atom. The van der Waals surface area contributed by atoms with E-state index in [2.05, 4.69) is 9.71 Å². The molecule has 0 spiro atoms. The van der Waals surface area contributed by atoms with Crippen molar-refractivity contribution in [3.8, 4) is 0 Å². The summed E-state index contributed by atoms with van der Waals surface area (Å²) in [6.07, 6.45) is 1.56. The third-order valence-electron chi connectivity index (χ3n) is 4.08. The molecule has 3 heterocycles. The maximum absolute atomic E-state index is 12.6. The molecule has 0 aromatic carbocycles. The van der Waals surface area contributed by atoms with Crippen molar-refractivity contribution in [1.29, 1.82) is 0 Å². The Kier molecular flexibility index (Phi) is 4.31. The lowest BCUT2D eigenvalue weighted by atomic mass is 10.2. The molecule has 2 aromatic rings. The van der Waals surface area contributed by atoms with E-state index < -0.39 is 10.2 Å². The van der Waals surface area contributed by atoms with E-state index in [1.807, 2.05) is 26.0 Å². The number of furan rings is 1. The zero-order valence-corrected chi connectivity index (χ0v) is 14.3. The van der Waals surface area contributed by atoms with E-state index in [9.17, 15) is 8.42 Å². The van der Waals surface area contributed by atoms with Gasteiger partial charge in [-0.25, -0.2) is 4.98 Å². The molecule has 1 aliphatic rings. The third-order valence-corrected chi connectivity index (χ3v) is 5.64. The van der Waals surface area contributed by atoms with Gasteiger partial charge in [0.2, 0.25) is 5.89 Å². The second-order valence-corrected chi connectivity index (χ2v) is 7.50. The fourth-order valence-electron chi connectivity index (χ4n) is 2.80. The molecule has 3 rings (SSSR count). The van der Waals surface area contributed by atoms with E-state index in [0.717, 1.165) is 24.3 Å². The molecule has 0 radical (unpaired) electrons. The fourth-order valence-corrected chi connectivity index (χ4v) is 4.18. The molecule has 126 valence electrons. The molecule has 8 heteroatoms. The van der Waals surface area contributed by atoms with Crippen LogP contribution in [-0.2, 0) is 16.8 Å². The molecule has 1 saturated heterocycles.